The van der Waals surface area contributed by atoms with Crippen LogP contribution >= 0.6 is 0 Å². The molecule has 0 unspecified atom stereocenters. The minimum atomic E-state index is 0.00814. The van der Waals surface area contributed by atoms with Crippen LogP contribution in [0.3, 0.4) is 0 Å². The zero-order valence-corrected chi connectivity index (χ0v) is 10.9. The molecule has 17 heavy (non-hydrogen) atoms. The summed E-state index contributed by atoms with van der Waals surface area (Å²) in [5.41, 5.74) is 5.66. The van der Waals surface area contributed by atoms with E-state index < -0.39 is 0 Å². The van der Waals surface area contributed by atoms with Gasteiger partial charge in [-0.3, -0.25) is 9.48 Å². The van der Waals surface area contributed by atoms with Gasteiger partial charge in [-0.05, 0) is 24.8 Å². The summed E-state index contributed by atoms with van der Waals surface area (Å²) in [7, 11) is 1.82. The predicted octanol–water partition coefficient (Wildman–Crippen LogP) is 1.51. The van der Waals surface area contributed by atoms with Gasteiger partial charge in [0.05, 0.1) is 0 Å². The molecule has 1 aromatic heterocycles. The lowest BCUT2D eigenvalue weighted by atomic mass is 9.84. The third-order valence-electron chi connectivity index (χ3n) is 2.83. The molecule has 0 aliphatic carbocycles. The van der Waals surface area contributed by atoms with E-state index in [9.17, 15) is 4.79 Å². The average molecular weight is 238 g/mol. The molecule has 1 heterocycles. The third kappa shape index (κ3) is 4.99. The number of carbonyl (C=O) groups is 1. The van der Waals surface area contributed by atoms with Crippen molar-refractivity contribution in [1.82, 2.24) is 9.78 Å². The highest BCUT2D eigenvalue weighted by molar-refractivity contribution is 5.89. The fourth-order valence-electron chi connectivity index (χ4n) is 1.65. The summed E-state index contributed by atoms with van der Waals surface area (Å²) < 4.78 is 1.66. The van der Waals surface area contributed by atoms with Gasteiger partial charge in [0.1, 0.15) is 0 Å². The average Bonchev–Trinajstić information content (AvgIpc) is 2.61. The number of aryl methyl sites for hydroxylation is 1. The maximum absolute atomic E-state index is 11.7. The van der Waals surface area contributed by atoms with Gasteiger partial charge in [-0.25, -0.2) is 0 Å². The molecule has 0 aromatic carbocycles. The summed E-state index contributed by atoms with van der Waals surface area (Å²) in [6, 6.07) is 1.78. The van der Waals surface area contributed by atoms with Crippen molar-refractivity contribution >= 4 is 11.7 Å². The Hall–Kier alpha value is -1.36. The maximum atomic E-state index is 11.7. The molecule has 0 radical (unpaired) electrons. The standard InChI is InChI=1S/C12H22N4O/c1-12(2,7-8-13)6-4-11(17)14-10-5-9-16(3)15-10/h5,9H,4,6-8,13H2,1-3H3,(H,14,15,17). The molecule has 3 N–H and O–H groups in total. The molecule has 1 rings (SSSR count). The molecule has 0 spiro atoms. The van der Waals surface area contributed by atoms with Gasteiger partial charge >= 0.3 is 0 Å². The number of aromatic nitrogens is 2. The number of amides is 1. The Bertz CT molecular complexity index is 370. The number of rotatable bonds is 6. The second-order valence-corrected chi connectivity index (χ2v) is 5.13. The summed E-state index contributed by atoms with van der Waals surface area (Å²) in [5, 5.41) is 6.87. The van der Waals surface area contributed by atoms with Gasteiger partial charge in [-0.15, -0.1) is 0 Å². The van der Waals surface area contributed by atoms with E-state index in [1.54, 1.807) is 16.9 Å². The molecule has 0 saturated heterocycles. The smallest absolute Gasteiger partial charge is 0.225 e. The number of anilines is 1. The van der Waals surface area contributed by atoms with Crippen LogP contribution in [-0.4, -0.2) is 22.2 Å². The number of nitrogens with one attached hydrogen (secondary N) is 1. The van der Waals surface area contributed by atoms with Crippen LogP contribution in [0, 0.1) is 5.41 Å². The highest BCUT2D eigenvalue weighted by Crippen LogP contribution is 2.25. The Labute approximate surface area is 102 Å². The van der Waals surface area contributed by atoms with Gasteiger partial charge in [0.25, 0.3) is 0 Å². The van der Waals surface area contributed by atoms with E-state index in [1.807, 2.05) is 7.05 Å². The highest BCUT2D eigenvalue weighted by atomic mass is 16.1. The Balaban J connectivity index is 2.35. The van der Waals surface area contributed by atoms with Gasteiger partial charge < -0.3 is 11.1 Å². The van der Waals surface area contributed by atoms with Crippen molar-refractivity contribution in [1.29, 1.82) is 0 Å². The molecule has 5 heteroatoms. The molecule has 1 aromatic rings. The Kier molecular flexibility index (Phi) is 4.69. The molecule has 0 bridgehead atoms. The second kappa shape index (κ2) is 5.82. The van der Waals surface area contributed by atoms with Crippen LogP contribution in [-0.2, 0) is 11.8 Å². The first-order chi connectivity index (χ1) is 7.93. The van der Waals surface area contributed by atoms with Crippen molar-refractivity contribution in [3.8, 4) is 0 Å². The summed E-state index contributed by atoms with van der Waals surface area (Å²) in [6.07, 6.45) is 4.07. The van der Waals surface area contributed by atoms with Gasteiger partial charge in [0.2, 0.25) is 5.91 Å². The van der Waals surface area contributed by atoms with E-state index in [0.29, 0.717) is 18.8 Å². The lowest BCUT2D eigenvalue weighted by Crippen LogP contribution is -2.20. The quantitative estimate of drug-likeness (QED) is 0.789. The lowest BCUT2D eigenvalue weighted by molar-refractivity contribution is -0.116. The van der Waals surface area contributed by atoms with Gasteiger partial charge in [-0.1, -0.05) is 13.8 Å². The molecule has 0 saturated carbocycles. The first-order valence-electron chi connectivity index (χ1n) is 5.92. The number of carbonyl (C=O) groups excluding carboxylic acids is 1. The topological polar surface area (TPSA) is 72.9 Å². The normalized spacial score (nSPS) is 11.5. The molecule has 0 fully saturated rings. The van der Waals surface area contributed by atoms with Crippen molar-refractivity contribution in [2.24, 2.45) is 18.2 Å². The van der Waals surface area contributed by atoms with Crippen molar-refractivity contribution in [3.05, 3.63) is 12.3 Å². The zero-order valence-electron chi connectivity index (χ0n) is 10.9. The molecule has 5 nitrogen and oxygen atoms in total. The maximum Gasteiger partial charge on any atom is 0.225 e. The zero-order chi connectivity index (χ0) is 12.9. The Morgan fingerprint density at radius 3 is 2.76 bits per heavy atom. The molecule has 0 atom stereocenters. The van der Waals surface area contributed by atoms with Crippen molar-refractivity contribution in [3.63, 3.8) is 0 Å². The molecule has 0 aliphatic rings. The van der Waals surface area contributed by atoms with Gasteiger partial charge in [0.15, 0.2) is 5.82 Å². The number of nitrogens with two attached hydrogens (primary N) is 1. The van der Waals surface area contributed by atoms with E-state index >= 15 is 0 Å². The van der Waals surface area contributed by atoms with E-state index in [1.165, 1.54) is 0 Å². The fraction of sp³-hybridized carbons (Fsp3) is 0.667. The molecule has 0 aliphatic heterocycles. The summed E-state index contributed by atoms with van der Waals surface area (Å²) >= 11 is 0. The van der Waals surface area contributed by atoms with Crippen LogP contribution in [0.1, 0.15) is 33.1 Å². The Morgan fingerprint density at radius 1 is 1.53 bits per heavy atom. The van der Waals surface area contributed by atoms with Crippen LogP contribution in [0.5, 0.6) is 0 Å². The number of hydrogen-bond acceptors (Lipinski definition) is 3. The largest absolute Gasteiger partial charge is 0.330 e. The van der Waals surface area contributed by atoms with Gasteiger partial charge in [-0.2, -0.15) is 5.10 Å². The molecular formula is C12H22N4O. The fourth-order valence-corrected chi connectivity index (χ4v) is 1.65. The van der Waals surface area contributed by atoms with E-state index in [0.717, 1.165) is 12.8 Å². The highest BCUT2D eigenvalue weighted by Gasteiger charge is 2.18. The SMILES string of the molecule is Cn1ccc(NC(=O)CCC(C)(C)CCN)n1. The third-order valence-corrected chi connectivity index (χ3v) is 2.83. The van der Waals surface area contributed by atoms with Crippen molar-refractivity contribution < 1.29 is 4.79 Å². The van der Waals surface area contributed by atoms with Crippen molar-refractivity contribution in [2.45, 2.75) is 33.1 Å². The molecular weight excluding hydrogens is 216 g/mol. The second-order valence-electron chi connectivity index (χ2n) is 5.13. The monoisotopic (exact) mass is 238 g/mol. The minimum absolute atomic E-state index is 0.00814. The Morgan fingerprint density at radius 2 is 2.24 bits per heavy atom. The molecule has 96 valence electrons. The lowest BCUT2D eigenvalue weighted by Gasteiger charge is -2.23. The van der Waals surface area contributed by atoms with E-state index in [2.05, 4.69) is 24.3 Å². The van der Waals surface area contributed by atoms with Crippen LogP contribution in [0.2, 0.25) is 0 Å². The van der Waals surface area contributed by atoms with E-state index in [4.69, 9.17) is 5.73 Å². The van der Waals surface area contributed by atoms with Crippen LogP contribution < -0.4 is 11.1 Å². The van der Waals surface area contributed by atoms with Gasteiger partial charge in [0, 0.05) is 25.7 Å². The number of hydrogen-bond donors (Lipinski definition) is 2. The van der Waals surface area contributed by atoms with E-state index in [-0.39, 0.29) is 11.3 Å². The summed E-state index contributed by atoms with van der Waals surface area (Å²) in [5.74, 6) is 0.614. The minimum Gasteiger partial charge on any atom is -0.330 e. The van der Waals surface area contributed by atoms with Crippen LogP contribution in [0.25, 0.3) is 0 Å². The predicted molar refractivity (Wildman–Crippen MR) is 68.5 cm³/mol. The summed E-state index contributed by atoms with van der Waals surface area (Å²) in [4.78, 5) is 11.7. The molecule has 1 amide bonds. The number of nitrogens with zero attached hydrogens (tertiary/aromatic N) is 2. The summed E-state index contributed by atoms with van der Waals surface area (Å²) in [6.45, 7) is 4.93. The first-order valence-corrected chi connectivity index (χ1v) is 5.92. The first kappa shape index (κ1) is 13.7. The van der Waals surface area contributed by atoms with Crippen LogP contribution in [0.15, 0.2) is 12.3 Å². The van der Waals surface area contributed by atoms with Crippen molar-refractivity contribution in [2.75, 3.05) is 11.9 Å². The van der Waals surface area contributed by atoms with Crippen LogP contribution in [0.4, 0.5) is 5.82 Å².